The van der Waals surface area contributed by atoms with Gasteiger partial charge in [0.2, 0.25) is 0 Å². The normalized spacial score (nSPS) is 10.4. The average Bonchev–Trinajstić information content (AvgIpc) is 2.35. The largest absolute Gasteiger partial charge is 0.298 e. The zero-order valence-corrected chi connectivity index (χ0v) is 11.9. The van der Waals surface area contributed by atoms with Gasteiger partial charge in [0, 0.05) is 5.56 Å². The molecule has 0 N–H and O–H groups in total. The van der Waals surface area contributed by atoms with Crippen molar-refractivity contribution in [2.75, 3.05) is 0 Å². The number of benzene rings is 2. The van der Waals surface area contributed by atoms with E-state index in [2.05, 4.69) is 0 Å². The first-order chi connectivity index (χ1) is 8.52. The fraction of sp³-hybridized carbons (Fsp3) is 0. The van der Waals surface area contributed by atoms with Crippen LogP contribution in [-0.2, 0) is 0 Å². The van der Waals surface area contributed by atoms with E-state index in [0.717, 1.165) is 11.1 Å². The maximum atomic E-state index is 10.7. The summed E-state index contributed by atoms with van der Waals surface area (Å²) in [6.07, 6.45) is 0.702. The van der Waals surface area contributed by atoms with E-state index in [1.54, 1.807) is 30.3 Å². The molecule has 0 bridgehead atoms. The minimum Gasteiger partial charge on any atom is -0.298 e. The molecule has 0 amide bonds. The molecule has 92 valence electrons. The number of hydrogen-bond donors (Lipinski definition) is 0. The minimum atomic E-state index is 0.317. The van der Waals surface area contributed by atoms with Crippen LogP contribution in [-0.4, -0.2) is 6.29 Å². The zero-order valence-electron chi connectivity index (χ0n) is 8.88. The molecule has 0 aliphatic rings. The topological polar surface area (TPSA) is 17.1 Å². The molecular formula is C13H6Cl4O. The number of hydrogen-bond acceptors (Lipinski definition) is 1. The molecular weight excluding hydrogens is 314 g/mol. The highest BCUT2D eigenvalue weighted by Gasteiger charge is 2.09. The summed E-state index contributed by atoms with van der Waals surface area (Å²) in [7, 11) is 0. The minimum absolute atomic E-state index is 0.317. The smallest absolute Gasteiger partial charge is 0.151 e. The Bertz CT molecular complexity index is 599. The van der Waals surface area contributed by atoms with Crippen molar-refractivity contribution in [2.24, 2.45) is 0 Å². The second-order valence-corrected chi connectivity index (χ2v) is 5.21. The van der Waals surface area contributed by atoms with Crippen LogP contribution in [0.3, 0.4) is 0 Å². The van der Waals surface area contributed by atoms with Crippen LogP contribution in [0.2, 0.25) is 20.1 Å². The third kappa shape index (κ3) is 2.65. The Labute approximate surface area is 124 Å². The molecule has 0 unspecified atom stereocenters. The van der Waals surface area contributed by atoms with Crippen LogP contribution in [0.1, 0.15) is 10.4 Å². The monoisotopic (exact) mass is 318 g/mol. The Morgan fingerprint density at radius 1 is 0.778 bits per heavy atom. The van der Waals surface area contributed by atoms with E-state index in [9.17, 15) is 4.79 Å². The van der Waals surface area contributed by atoms with Gasteiger partial charge < -0.3 is 0 Å². The lowest BCUT2D eigenvalue weighted by Gasteiger charge is -2.07. The SMILES string of the molecule is O=Cc1ccc(-c2cc(Cl)c(Cl)c(Cl)c2)cc1Cl. The Kier molecular flexibility index (Phi) is 4.18. The Hall–Kier alpha value is -0.730. The van der Waals surface area contributed by atoms with Gasteiger partial charge in [-0.1, -0.05) is 52.5 Å². The number of aldehydes is 1. The van der Waals surface area contributed by atoms with Crippen molar-refractivity contribution >= 4 is 52.7 Å². The third-order valence-electron chi connectivity index (χ3n) is 2.44. The molecule has 0 spiro atoms. The van der Waals surface area contributed by atoms with Crippen molar-refractivity contribution < 1.29 is 4.79 Å². The molecule has 0 atom stereocenters. The first-order valence-corrected chi connectivity index (χ1v) is 6.43. The quantitative estimate of drug-likeness (QED) is 0.506. The van der Waals surface area contributed by atoms with Crippen LogP contribution < -0.4 is 0 Å². The fourth-order valence-electron chi connectivity index (χ4n) is 1.52. The van der Waals surface area contributed by atoms with Gasteiger partial charge in [0.1, 0.15) is 0 Å². The second-order valence-electron chi connectivity index (χ2n) is 3.61. The van der Waals surface area contributed by atoms with E-state index in [4.69, 9.17) is 46.4 Å². The van der Waals surface area contributed by atoms with Crippen molar-refractivity contribution in [3.05, 3.63) is 56.0 Å². The number of rotatable bonds is 2. The number of carbonyl (C=O) groups is 1. The highest BCUT2D eigenvalue weighted by Crippen LogP contribution is 2.35. The summed E-state index contributed by atoms with van der Waals surface area (Å²) in [5.74, 6) is 0. The van der Waals surface area contributed by atoms with Crippen LogP contribution in [0.15, 0.2) is 30.3 Å². The van der Waals surface area contributed by atoms with Crippen molar-refractivity contribution in [1.82, 2.24) is 0 Å². The summed E-state index contributed by atoms with van der Waals surface area (Å²) in [5, 5.41) is 1.44. The zero-order chi connectivity index (χ0) is 13.3. The lowest BCUT2D eigenvalue weighted by molar-refractivity contribution is 0.112. The van der Waals surface area contributed by atoms with Crippen molar-refractivity contribution in [3.8, 4) is 11.1 Å². The van der Waals surface area contributed by atoms with Gasteiger partial charge in [-0.2, -0.15) is 0 Å². The maximum Gasteiger partial charge on any atom is 0.151 e. The number of carbonyl (C=O) groups excluding carboxylic acids is 1. The summed E-state index contributed by atoms with van der Waals surface area (Å²) in [6, 6.07) is 8.48. The van der Waals surface area contributed by atoms with Crippen molar-refractivity contribution in [2.45, 2.75) is 0 Å². The van der Waals surface area contributed by atoms with Gasteiger partial charge in [-0.25, -0.2) is 0 Å². The highest BCUT2D eigenvalue weighted by atomic mass is 35.5. The molecule has 0 fully saturated rings. The molecule has 0 heterocycles. The Morgan fingerprint density at radius 2 is 1.33 bits per heavy atom. The molecule has 5 heteroatoms. The van der Waals surface area contributed by atoms with E-state index in [1.165, 1.54) is 0 Å². The van der Waals surface area contributed by atoms with Gasteiger partial charge in [0.25, 0.3) is 0 Å². The van der Waals surface area contributed by atoms with Crippen molar-refractivity contribution in [3.63, 3.8) is 0 Å². The first kappa shape index (κ1) is 13.7. The standard InChI is InChI=1S/C13H6Cl4O/c14-10-3-7(1-2-8(10)6-18)9-4-11(15)13(17)12(16)5-9/h1-6H. The summed E-state index contributed by atoms with van der Waals surface area (Å²) < 4.78 is 0. The number of halogens is 4. The summed E-state index contributed by atoms with van der Waals surface area (Å²) >= 11 is 23.8. The second kappa shape index (κ2) is 5.50. The Balaban J connectivity index is 2.55. The van der Waals surface area contributed by atoms with Crippen LogP contribution in [0, 0.1) is 0 Å². The van der Waals surface area contributed by atoms with E-state index in [1.807, 2.05) is 0 Å². The molecule has 0 aliphatic heterocycles. The predicted molar refractivity (Wildman–Crippen MR) is 77.3 cm³/mol. The molecule has 2 rings (SSSR count). The molecule has 0 saturated carbocycles. The van der Waals surface area contributed by atoms with Crippen LogP contribution in [0.5, 0.6) is 0 Å². The van der Waals surface area contributed by atoms with Gasteiger partial charge in [0.05, 0.1) is 20.1 Å². The fourth-order valence-corrected chi connectivity index (χ4v) is 2.35. The molecule has 0 saturated heterocycles. The average molecular weight is 320 g/mol. The van der Waals surface area contributed by atoms with Crippen molar-refractivity contribution in [1.29, 1.82) is 0 Å². The summed E-state index contributed by atoms with van der Waals surface area (Å²) in [6.45, 7) is 0. The van der Waals surface area contributed by atoms with Gasteiger partial charge in [-0.15, -0.1) is 0 Å². The molecule has 2 aromatic carbocycles. The van der Waals surface area contributed by atoms with Gasteiger partial charge in [0.15, 0.2) is 6.29 Å². The molecule has 0 radical (unpaired) electrons. The first-order valence-electron chi connectivity index (χ1n) is 4.92. The maximum absolute atomic E-state index is 10.7. The third-order valence-corrected chi connectivity index (χ3v) is 3.97. The van der Waals surface area contributed by atoms with Gasteiger partial charge >= 0.3 is 0 Å². The van der Waals surface area contributed by atoms with E-state index < -0.39 is 0 Å². The van der Waals surface area contributed by atoms with E-state index >= 15 is 0 Å². The lowest BCUT2D eigenvalue weighted by atomic mass is 10.0. The summed E-state index contributed by atoms with van der Waals surface area (Å²) in [4.78, 5) is 10.7. The summed E-state index contributed by atoms with van der Waals surface area (Å²) in [5.41, 5.74) is 2.03. The van der Waals surface area contributed by atoms with Crippen LogP contribution in [0.4, 0.5) is 0 Å². The predicted octanol–water partition coefficient (Wildman–Crippen LogP) is 5.78. The lowest BCUT2D eigenvalue weighted by Crippen LogP contribution is -1.85. The molecule has 0 aliphatic carbocycles. The van der Waals surface area contributed by atoms with Crippen LogP contribution in [0.25, 0.3) is 11.1 Å². The molecule has 18 heavy (non-hydrogen) atoms. The molecule has 1 nitrogen and oxygen atoms in total. The molecule has 0 aromatic heterocycles. The van der Waals surface area contributed by atoms with E-state index in [-0.39, 0.29) is 0 Å². The van der Waals surface area contributed by atoms with Gasteiger partial charge in [-0.05, 0) is 35.4 Å². The Morgan fingerprint density at radius 3 is 1.83 bits per heavy atom. The highest BCUT2D eigenvalue weighted by molar-refractivity contribution is 6.48. The molecule has 2 aromatic rings. The van der Waals surface area contributed by atoms with Gasteiger partial charge in [-0.3, -0.25) is 4.79 Å². The van der Waals surface area contributed by atoms with Crippen LogP contribution >= 0.6 is 46.4 Å². The van der Waals surface area contributed by atoms with E-state index in [0.29, 0.717) is 31.9 Å².